The zero-order chi connectivity index (χ0) is 12.7. The molecule has 0 radical (unpaired) electrons. The summed E-state index contributed by atoms with van der Waals surface area (Å²) in [6.45, 7) is 2.09. The maximum absolute atomic E-state index is 8.82. The Morgan fingerprint density at radius 1 is 1.35 bits per heavy atom. The summed E-state index contributed by atoms with van der Waals surface area (Å²) in [6, 6.07) is 5.38. The van der Waals surface area contributed by atoms with Crippen LogP contribution in [0.25, 0.3) is 6.08 Å². The maximum atomic E-state index is 8.82. The molecule has 17 heavy (non-hydrogen) atoms. The van der Waals surface area contributed by atoms with Gasteiger partial charge in [0.05, 0.1) is 15.8 Å². The first-order valence-electron chi connectivity index (χ1n) is 5.51. The van der Waals surface area contributed by atoms with Crippen molar-refractivity contribution in [1.82, 2.24) is 0 Å². The van der Waals surface area contributed by atoms with Gasteiger partial charge in [0.15, 0.2) is 0 Å². The number of benzene rings is 1. The Labute approximate surface area is 112 Å². The monoisotopic (exact) mass is 271 g/mol. The summed E-state index contributed by atoms with van der Waals surface area (Å²) in [7, 11) is 0. The second kappa shape index (κ2) is 7.36. The van der Waals surface area contributed by atoms with E-state index >= 15 is 0 Å². The maximum Gasteiger partial charge on any atom is 0.0795 e. The molecule has 1 rings (SSSR count). The van der Waals surface area contributed by atoms with Crippen LogP contribution in [0.5, 0.6) is 0 Å². The van der Waals surface area contributed by atoms with Crippen molar-refractivity contribution in [3.63, 3.8) is 0 Å². The summed E-state index contributed by atoms with van der Waals surface area (Å²) < 4.78 is 0. The summed E-state index contributed by atoms with van der Waals surface area (Å²) in [6.07, 6.45) is 6.48. The van der Waals surface area contributed by atoms with E-state index in [9.17, 15) is 0 Å². The van der Waals surface area contributed by atoms with Gasteiger partial charge in [-0.15, -0.1) is 0 Å². The average molecular weight is 272 g/mol. The van der Waals surface area contributed by atoms with Crippen LogP contribution in [0.2, 0.25) is 10.0 Å². The molecule has 92 valence electrons. The van der Waals surface area contributed by atoms with Gasteiger partial charge in [-0.1, -0.05) is 53.8 Å². The van der Waals surface area contributed by atoms with Crippen molar-refractivity contribution in [2.45, 2.75) is 26.2 Å². The van der Waals surface area contributed by atoms with E-state index in [0.717, 1.165) is 24.8 Å². The first-order chi connectivity index (χ1) is 8.17. The fourth-order valence-corrected chi connectivity index (χ4v) is 1.64. The van der Waals surface area contributed by atoms with Crippen LogP contribution in [0.3, 0.4) is 0 Å². The minimum atomic E-state index is 0.518. The molecule has 0 amide bonds. The molecule has 0 spiro atoms. The van der Waals surface area contributed by atoms with Gasteiger partial charge in [0.25, 0.3) is 0 Å². The fourth-order valence-electron chi connectivity index (χ4n) is 1.33. The Morgan fingerprint density at radius 2 is 2.12 bits per heavy atom. The number of unbranched alkanes of at least 4 members (excludes halogenated alkanes) is 1. The lowest BCUT2D eigenvalue weighted by Gasteiger charge is -1.99. The van der Waals surface area contributed by atoms with E-state index in [1.54, 1.807) is 18.2 Å². The highest BCUT2D eigenvalue weighted by Crippen LogP contribution is 2.23. The van der Waals surface area contributed by atoms with Gasteiger partial charge < -0.3 is 5.21 Å². The van der Waals surface area contributed by atoms with Crippen LogP contribution in [0.4, 0.5) is 0 Å². The van der Waals surface area contributed by atoms with Gasteiger partial charge in [0.1, 0.15) is 0 Å². The molecule has 1 N–H and O–H groups in total. The molecule has 0 aliphatic carbocycles. The lowest BCUT2D eigenvalue weighted by atomic mass is 10.1. The van der Waals surface area contributed by atoms with Gasteiger partial charge in [-0.05, 0) is 36.6 Å². The molecule has 2 nitrogen and oxygen atoms in total. The number of hydrogen-bond donors (Lipinski definition) is 1. The normalized spacial score (nSPS) is 12.3. The third kappa shape index (κ3) is 4.80. The van der Waals surface area contributed by atoms with Crippen LogP contribution < -0.4 is 0 Å². The molecular formula is C13H15Cl2NO. The summed E-state index contributed by atoms with van der Waals surface area (Å²) >= 11 is 11.7. The third-order valence-electron chi connectivity index (χ3n) is 2.33. The van der Waals surface area contributed by atoms with Gasteiger partial charge in [0.2, 0.25) is 0 Å². The largest absolute Gasteiger partial charge is 0.411 e. The Kier molecular flexibility index (Phi) is 6.09. The molecule has 0 atom stereocenters. The first-order valence-corrected chi connectivity index (χ1v) is 6.27. The molecule has 4 heteroatoms. The summed E-state index contributed by atoms with van der Waals surface area (Å²) in [5.74, 6) is 0. The number of allylic oxidation sites excluding steroid dienone is 1. The molecular weight excluding hydrogens is 257 g/mol. The second-order valence-corrected chi connectivity index (χ2v) is 4.52. The highest BCUT2D eigenvalue weighted by molar-refractivity contribution is 6.42. The van der Waals surface area contributed by atoms with Gasteiger partial charge in [0, 0.05) is 0 Å². The molecule has 0 aliphatic heterocycles. The minimum absolute atomic E-state index is 0.518. The van der Waals surface area contributed by atoms with Crippen molar-refractivity contribution < 1.29 is 5.21 Å². The lowest BCUT2D eigenvalue weighted by molar-refractivity contribution is 0.318. The molecule has 0 fully saturated rings. The number of nitrogens with zero attached hydrogens (tertiary/aromatic N) is 1. The molecule has 0 saturated carbocycles. The fraction of sp³-hybridized carbons (Fsp3) is 0.308. The van der Waals surface area contributed by atoms with Crippen LogP contribution in [-0.4, -0.2) is 10.9 Å². The Hall–Kier alpha value is -0.990. The van der Waals surface area contributed by atoms with Crippen molar-refractivity contribution in [3.8, 4) is 0 Å². The topological polar surface area (TPSA) is 32.6 Å². The van der Waals surface area contributed by atoms with Gasteiger partial charge in [-0.2, -0.15) is 0 Å². The molecule has 0 aliphatic rings. The van der Waals surface area contributed by atoms with Crippen molar-refractivity contribution in [3.05, 3.63) is 39.9 Å². The smallest absolute Gasteiger partial charge is 0.0795 e. The van der Waals surface area contributed by atoms with E-state index in [1.165, 1.54) is 0 Å². The summed E-state index contributed by atoms with van der Waals surface area (Å²) in [5.41, 5.74) is 1.59. The molecule has 1 aromatic carbocycles. The van der Waals surface area contributed by atoms with Crippen LogP contribution in [0.15, 0.2) is 29.4 Å². The molecule has 0 unspecified atom stereocenters. The average Bonchev–Trinajstić information content (AvgIpc) is 2.34. The van der Waals surface area contributed by atoms with Gasteiger partial charge in [-0.3, -0.25) is 0 Å². The number of rotatable bonds is 5. The van der Waals surface area contributed by atoms with Crippen LogP contribution in [0.1, 0.15) is 31.7 Å². The number of oxime groups is 1. The molecule has 0 bridgehead atoms. The molecule has 0 aromatic heterocycles. The van der Waals surface area contributed by atoms with Crippen molar-refractivity contribution in [2.75, 3.05) is 0 Å². The third-order valence-corrected chi connectivity index (χ3v) is 3.07. The van der Waals surface area contributed by atoms with Crippen LogP contribution in [0, 0.1) is 0 Å². The first kappa shape index (κ1) is 14.1. The molecule has 1 aromatic rings. The summed E-state index contributed by atoms with van der Waals surface area (Å²) in [5, 5.41) is 13.1. The van der Waals surface area contributed by atoms with Crippen molar-refractivity contribution >= 4 is 35.0 Å². The zero-order valence-electron chi connectivity index (χ0n) is 9.66. The van der Waals surface area contributed by atoms with E-state index in [1.807, 2.05) is 12.1 Å². The lowest BCUT2D eigenvalue weighted by Crippen LogP contribution is -1.92. The number of hydrogen-bond acceptors (Lipinski definition) is 2. The van der Waals surface area contributed by atoms with E-state index in [-0.39, 0.29) is 0 Å². The van der Waals surface area contributed by atoms with E-state index in [2.05, 4.69) is 12.1 Å². The molecule has 0 saturated heterocycles. The predicted molar refractivity (Wildman–Crippen MR) is 74.2 cm³/mol. The van der Waals surface area contributed by atoms with Crippen molar-refractivity contribution in [2.24, 2.45) is 5.16 Å². The van der Waals surface area contributed by atoms with Crippen LogP contribution in [-0.2, 0) is 0 Å². The zero-order valence-corrected chi connectivity index (χ0v) is 11.2. The van der Waals surface area contributed by atoms with E-state index < -0.39 is 0 Å². The number of halogens is 2. The second-order valence-electron chi connectivity index (χ2n) is 3.70. The summed E-state index contributed by atoms with van der Waals surface area (Å²) in [4.78, 5) is 0. The Bertz CT molecular complexity index is 427. The van der Waals surface area contributed by atoms with E-state index in [0.29, 0.717) is 15.8 Å². The van der Waals surface area contributed by atoms with E-state index in [4.69, 9.17) is 28.4 Å². The molecule has 0 heterocycles. The minimum Gasteiger partial charge on any atom is -0.411 e. The van der Waals surface area contributed by atoms with Gasteiger partial charge >= 0.3 is 0 Å². The predicted octanol–water partition coefficient (Wildman–Crippen LogP) is 5.03. The Morgan fingerprint density at radius 3 is 2.71 bits per heavy atom. The highest BCUT2D eigenvalue weighted by Gasteiger charge is 1.98. The van der Waals surface area contributed by atoms with Crippen LogP contribution >= 0.6 is 23.2 Å². The Balaban J connectivity index is 2.71. The highest BCUT2D eigenvalue weighted by atomic mass is 35.5. The van der Waals surface area contributed by atoms with Crippen molar-refractivity contribution in [1.29, 1.82) is 0 Å². The SMILES string of the molecule is CCCCC(/C=C/c1ccc(Cl)c(Cl)c1)=N\O. The van der Waals surface area contributed by atoms with Gasteiger partial charge in [-0.25, -0.2) is 0 Å². The quantitative estimate of drug-likeness (QED) is 0.455. The standard InChI is InChI=1S/C13H15Cl2NO/c1-2-3-4-11(16-17)7-5-10-6-8-12(14)13(15)9-10/h5-9,17H,2-4H2,1H3/b7-5+,16-11+.